The van der Waals surface area contributed by atoms with E-state index in [1.807, 2.05) is 23.5 Å². The first-order valence-electron chi connectivity index (χ1n) is 38.5. The van der Waals surface area contributed by atoms with E-state index in [1.165, 1.54) is 27.8 Å². The van der Waals surface area contributed by atoms with Crippen LogP contribution >= 0.6 is 34.0 Å². The van der Waals surface area contributed by atoms with Gasteiger partial charge in [-0.2, -0.15) is 0 Å². The van der Waals surface area contributed by atoms with E-state index in [2.05, 4.69) is 271 Å². The predicted octanol–water partition coefficient (Wildman–Crippen LogP) is 20.0. The van der Waals surface area contributed by atoms with Crippen LogP contribution < -0.4 is 76.0 Å². The maximum absolute atomic E-state index is 9.45. The van der Waals surface area contributed by atoms with Gasteiger partial charge in [-0.05, 0) is 212 Å². The van der Waals surface area contributed by atoms with Crippen molar-refractivity contribution in [1.29, 1.82) is 0 Å². The Bertz CT molecular complexity index is 6040. The second kappa shape index (κ2) is 21.1. The van der Waals surface area contributed by atoms with Crippen molar-refractivity contribution in [2.24, 2.45) is 0 Å². The number of ether oxygens (including phenoxy) is 3. The monoisotopic (exact) mass is 1380 g/mol. The molecule has 6 nitrogen and oxygen atoms in total. The van der Waals surface area contributed by atoms with E-state index in [1.54, 1.807) is 34.8 Å². The minimum absolute atomic E-state index is 0.0940. The molecule has 12 heteroatoms. The van der Waals surface area contributed by atoms with Gasteiger partial charge in [0.25, 0.3) is 20.1 Å². The molecular formula is C89H82B3N3O3S3. The fourth-order valence-corrected chi connectivity index (χ4v) is 20.9. The lowest BCUT2D eigenvalue weighted by atomic mass is 9.29. The first-order chi connectivity index (χ1) is 50.4. The molecule has 498 valence electrons. The predicted molar refractivity (Wildman–Crippen MR) is 438 cm³/mol. The Morgan fingerprint density at radius 2 is 0.614 bits per heavy atom. The first kappa shape index (κ1) is 56.7. The number of hydrogen-bond donors (Lipinski definition) is 0. The summed E-state index contributed by atoms with van der Waals surface area (Å²) >= 11 is 5.32. The molecule has 101 heavy (non-hydrogen) atoms. The van der Waals surface area contributed by atoms with Gasteiger partial charge in [-0.25, -0.2) is 0 Å². The summed E-state index contributed by atoms with van der Waals surface area (Å²) in [7, 11) is 0. The van der Waals surface area contributed by atoms with Gasteiger partial charge < -0.3 is 28.9 Å². The maximum Gasteiger partial charge on any atom is 0.273 e. The van der Waals surface area contributed by atoms with Gasteiger partial charge >= 0.3 is 0 Å². The van der Waals surface area contributed by atoms with E-state index >= 15 is 0 Å². The molecule has 13 aromatic rings. The van der Waals surface area contributed by atoms with Gasteiger partial charge in [0.2, 0.25) is 0 Å². The Balaban J connectivity index is 0.988. The third-order valence-electron chi connectivity index (χ3n) is 22.2. The number of aryl methyl sites for hydroxylation is 3. The van der Waals surface area contributed by atoms with Crippen LogP contribution in [0.5, 0.6) is 34.5 Å². The molecule has 10 aromatic carbocycles. The summed E-state index contributed by atoms with van der Waals surface area (Å²) < 4.78 is 87.4. The third-order valence-corrected chi connectivity index (χ3v) is 25.9. The van der Waals surface area contributed by atoms with Crippen molar-refractivity contribution in [3.05, 3.63) is 214 Å². The van der Waals surface area contributed by atoms with Crippen LogP contribution in [-0.2, 0) is 27.1 Å². The van der Waals surface area contributed by atoms with Gasteiger partial charge in [0, 0.05) is 103 Å². The van der Waals surface area contributed by atoms with Crippen LogP contribution in [0.25, 0.3) is 30.3 Å². The highest BCUT2D eigenvalue weighted by Crippen LogP contribution is 2.55. The number of anilines is 9. The Labute approximate surface area is 616 Å². The maximum atomic E-state index is 9.45. The molecule has 0 atom stereocenters. The molecule has 0 bridgehead atoms. The zero-order valence-corrected chi connectivity index (χ0v) is 62.6. The van der Waals surface area contributed by atoms with Crippen molar-refractivity contribution in [3.63, 3.8) is 0 Å². The first-order valence-corrected chi connectivity index (χ1v) is 38.0. The Hall–Kier alpha value is -8.93. The molecule has 0 N–H and O–H groups in total. The summed E-state index contributed by atoms with van der Waals surface area (Å²) in [5.41, 5.74) is 19.7. The van der Waals surface area contributed by atoms with Crippen LogP contribution in [-0.4, -0.2) is 20.1 Å². The van der Waals surface area contributed by atoms with E-state index in [-0.39, 0.29) is 38.2 Å². The van der Waals surface area contributed by atoms with Gasteiger partial charge in [0.15, 0.2) is 0 Å². The third kappa shape index (κ3) is 9.21. The van der Waals surface area contributed by atoms with Crippen LogP contribution in [0.1, 0.15) is 157 Å². The number of fused-ring (bicyclic) bond motifs is 21. The molecule has 0 radical (unpaired) electrons. The standard InChI is InChI=1S/C89H82B3N3O3S3/c1-47-39-61-70-64(42-47)96-79-73(90(70)82-76(58-21-19-20-22-67(58)99-82)93(61)55-31-23-50(24-32-55)85(4,5)6)80-75(91-71-62(40-48(2)43-65(71)97-80)94(56-33-25-51(26-34-56)86(7,8)9)77-59-45-53(88(13,14)15)29-37-68(59)100-83(77)91)81-74(79)92-72-63(41-49(3)44-66(72)98-81)95(57-35-27-52(28-36-57)87(10,11)12)78-60-46-54(89(16,17)18)30-38-69(60)101-84(78)92/h19-46H,1-18H3/i1D3,3D3. The molecule has 0 fully saturated rings. The topological polar surface area (TPSA) is 37.4 Å². The molecule has 6 aliphatic rings. The van der Waals surface area contributed by atoms with E-state index in [9.17, 15) is 8.22 Å². The average molecular weight is 1380 g/mol. The lowest BCUT2D eigenvalue weighted by molar-refractivity contribution is 0.452. The number of hydrogen-bond acceptors (Lipinski definition) is 9. The van der Waals surface area contributed by atoms with E-state index in [0.29, 0.717) is 45.9 Å². The molecular weight excluding hydrogens is 1290 g/mol. The highest BCUT2D eigenvalue weighted by molar-refractivity contribution is 7.36. The van der Waals surface area contributed by atoms with Crippen molar-refractivity contribution < 1.29 is 22.4 Å². The Morgan fingerprint density at radius 3 is 0.950 bits per heavy atom. The summed E-state index contributed by atoms with van der Waals surface area (Å²) in [5, 5.41) is 3.22. The van der Waals surface area contributed by atoms with E-state index < -0.39 is 33.8 Å². The van der Waals surface area contributed by atoms with Crippen molar-refractivity contribution in [2.75, 3.05) is 14.7 Å². The van der Waals surface area contributed by atoms with Gasteiger partial charge in [-0.15, -0.1) is 34.0 Å². The van der Waals surface area contributed by atoms with E-state index in [0.717, 1.165) is 123 Å². The normalized spacial score (nSPS) is 15.9. The molecule has 0 unspecified atom stereocenters. The Morgan fingerprint density at radius 1 is 0.317 bits per heavy atom. The minimum Gasteiger partial charge on any atom is -0.459 e. The van der Waals surface area contributed by atoms with Crippen molar-refractivity contribution in [3.8, 4) is 34.5 Å². The summed E-state index contributed by atoms with van der Waals surface area (Å²) in [6, 6.07) is 61.1. The van der Waals surface area contributed by atoms with Crippen LogP contribution in [0, 0.1) is 20.6 Å². The van der Waals surface area contributed by atoms with Crippen LogP contribution in [0.2, 0.25) is 0 Å². The lowest BCUT2D eigenvalue weighted by Crippen LogP contribution is -2.68. The second-order valence-electron chi connectivity index (χ2n) is 34.1. The minimum atomic E-state index is -2.57. The highest BCUT2D eigenvalue weighted by Gasteiger charge is 2.57. The number of rotatable bonds is 3. The molecule has 19 rings (SSSR count). The van der Waals surface area contributed by atoms with Crippen LogP contribution in [0.4, 0.5) is 51.2 Å². The summed E-state index contributed by atoms with van der Waals surface area (Å²) in [6.07, 6.45) is 0. The summed E-state index contributed by atoms with van der Waals surface area (Å²) in [4.78, 5) is 7.09. The number of benzene rings is 10. The number of thiophene rings is 3. The molecule has 0 saturated heterocycles. The van der Waals surface area contributed by atoms with Gasteiger partial charge in [-0.3, -0.25) is 0 Å². The van der Waals surface area contributed by atoms with Crippen LogP contribution in [0.15, 0.2) is 170 Å². The quantitative estimate of drug-likeness (QED) is 0.164. The Kier molecular flexibility index (Phi) is 11.8. The fraction of sp³-hybridized carbons (Fsp3) is 0.258. The smallest absolute Gasteiger partial charge is 0.273 e. The zero-order valence-electron chi connectivity index (χ0n) is 66.2. The van der Waals surface area contributed by atoms with Crippen molar-refractivity contribution in [2.45, 2.75) is 152 Å². The SMILES string of the molecule is [2H]C([2H])([2H])c1cc2c3c(c1)N(c1ccc(C(C)(C)C)cc1)c1c(sc4ccccc14)B3c1c3c(c4c(c1O2)B1c2sc5ccc(C(C)(C)C)cc5c2N(c2ccc(C(C)(C)C)cc2)c2cc(C([2H])([2H])[2H])cc(c21)O4)B1c2sc4ccc(C(C)(C)C)cc4c2N(c2ccc(C(C)(C)C)cc2)c2cc(C)cc(c21)O3. The number of nitrogens with zero attached hydrogens (tertiary/aromatic N) is 3. The molecule has 3 aromatic heterocycles. The summed E-state index contributed by atoms with van der Waals surface area (Å²) in [5.74, 6) is 3.22. The zero-order chi connectivity index (χ0) is 74.9. The molecule has 6 aliphatic heterocycles. The second-order valence-corrected chi connectivity index (χ2v) is 37.4. The van der Waals surface area contributed by atoms with Crippen LogP contribution in [0.3, 0.4) is 0 Å². The highest BCUT2D eigenvalue weighted by atomic mass is 32.1. The largest absolute Gasteiger partial charge is 0.459 e. The van der Waals surface area contributed by atoms with Gasteiger partial charge in [0.1, 0.15) is 34.5 Å². The molecule has 0 saturated carbocycles. The lowest BCUT2D eigenvalue weighted by Gasteiger charge is -2.45. The van der Waals surface area contributed by atoms with Crippen molar-refractivity contribution >= 4 is 183 Å². The average Bonchev–Trinajstić information content (AvgIpc) is 1.66. The van der Waals surface area contributed by atoms with E-state index in [4.69, 9.17) is 14.2 Å². The van der Waals surface area contributed by atoms with Gasteiger partial charge in [-0.1, -0.05) is 171 Å². The van der Waals surface area contributed by atoms with Crippen molar-refractivity contribution in [1.82, 2.24) is 0 Å². The molecule has 0 amide bonds. The molecule has 0 aliphatic carbocycles. The molecule has 0 spiro atoms. The molecule has 9 heterocycles. The fourth-order valence-electron chi connectivity index (χ4n) is 17.0. The van der Waals surface area contributed by atoms with Gasteiger partial charge in [0.05, 0.1) is 17.1 Å². The summed E-state index contributed by atoms with van der Waals surface area (Å²) in [6.45, 7) is 29.0.